The van der Waals surface area contributed by atoms with Crippen molar-refractivity contribution in [1.29, 1.82) is 0 Å². The summed E-state index contributed by atoms with van der Waals surface area (Å²) in [5.41, 5.74) is 4.99. The molecule has 3 aromatic rings. The minimum Gasteiger partial charge on any atom is -0.408 e. The van der Waals surface area contributed by atoms with Crippen LogP contribution in [-0.4, -0.2) is 16.7 Å². The predicted molar refractivity (Wildman–Crippen MR) is 92.1 cm³/mol. The number of hydrogen-bond acceptors (Lipinski definition) is 2. The number of nitrogens with one attached hydrogen (secondary N) is 1. The average Bonchev–Trinajstić information content (AvgIpc) is 3.06. The van der Waals surface area contributed by atoms with Crippen LogP contribution in [0.25, 0.3) is 11.3 Å². The summed E-state index contributed by atoms with van der Waals surface area (Å²) in [6.07, 6.45) is 2.90. The van der Waals surface area contributed by atoms with Crippen molar-refractivity contribution in [3.05, 3.63) is 72.4 Å². The summed E-state index contributed by atoms with van der Waals surface area (Å²) in [6, 6.07) is 21.2. The van der Waals surface area contributed by atoms with Gasteiger partial charge in [-0.25, -0.2) is 0 Å². The third-order valence-corrected chi connectivity index (χ3v) is 4.44. The topological polar surface area (TPSA) is 29.9 Å². The zero-order chi connectivity index (χ0) is 14.9. The summed E-state index contributed by atoms with van der Waals surface area (Å²) in [6.45, 7) is 2.47. The van der Waals surface area contributed by atoms with E-state index in [4.69, 9.17) is 0 Å². The molecule has 4 rings (SSSR count). The molecule has 2 aromatic carbocycles. The highest BCUT2D eigenvalue weighted by Crippen LogP contribution is 2.34. The van der Waals surface area contributed by atoms with Gasteiger partial charge in [-0.3, -0.25) is 4.59 Å². The van der Waals surface area contributed by atoms with Crippen LogP contribution in [0, 0.1) is 0 Å². The summed E-state index contributed by atoms with van der Waals surface area (Å²) >= 11 is 0. The predicted octanol–water partition coefficient (Wildman–Crippen LogP) is 4.12. The van der Waals surface area contributed by atoms with Gasteiger partial charge in [0.25, 0.3) is 0 Å². The molecule has 0 saturated carbocycles. The van der Waals surface area contributed by atoms with Gasteiger partial charge in [-0.05, 0) is 29.9 Å². The molecule has 1 atom stereocenters. The van der Waals surface area contributed by atoms with E-state index in [0.717, 1.165) is 6.32 Å². The van der Waals surface area contributed by atoms with Gasteiger partial charge in [0, 0.05) is 17.4 Å². The lowest BCUT2D eigenvalue weighted by atomic mass is 9.65. The maximum Gasteiger partial charge on any atom is 0.396 e. The Morgan fingerprint density at radius 1 is 1.05 bits per heavy atom. The number of fused-ring (bicyclic) bond motifs is 3. The van der Waals surface area contributed by atoms with Gasteiger partial charge in [0.15, 0.2) is 0 Å². The summed E-state index contributed by atoms with van der Waals surface area (Å²) in [4.78, 5) is 0. The standard InChI is InChI=1S/C18H18BN3/c1-14(15-7-3-2-4-8-15)13-19-21-17-10-6-5-9-16(17)18-11-12-20-22(18)19/h2-12,14,21H,13H2,1H3. The first-order valence-corrected chi connectivity index (χ1v) is 7.77. The van der Waals surface area contributed by atoms with Gasteiger partial charge < -0.3 is 5.23 Å². The lowest BCUT2D eigenvalue weighted by Crippen LogP contribution is -2.39. The monoisotopic (exact) mass is 287 g/mol. The second kappa shape index (κ2) is 5.37. The minimum atomic E-state index is 0.190. The molecule has 22 heavy (non-hydrogen) atoms. The minimum absolute atomic E-state index is 0.190. The van der Waals surface area contributed by atoms with Crippen molar-refractivity contribution in [2.24, 2.45) is 0 Å². The van der Waals surface area contributed by atoms with E-state index >= 15 is 0 Å². The van der Waals surface area contributed by atoms with Gasteiger partial charge >= 0.3 is 6.98 Å². The molecule has 0 saturated heterocycles. The molecular formula is C18H18BN3. The third kappa shape index (κ3) is 2.21. The summed E-state index contributed by atoms with van der Waals surface area (Å²) in [5.74, 6) is 0.473. The van der Waals surface area contributed by atoms with Crippen LogP contribution in [0.4, 0.5) is 5.69 Å². The van der Waals surface area contributed by atoms with E-state index < -0.39 is 0 Å². The number of hydrogen-bond donors (Lipinski definition) is 1. The number of rotatable bonds is 3. The van der Waals surface area contributed by atoms with Crippen LogP contribution in [0.5, 0.6) is 0 Å². The van der Waals surface area contributed by atoms with Gasteiger partial charge in [-0.1, -0.05) is 55.5 Å². The summed E-state index contributed by atoms with van der Waals surface area (Å²) in [5, 5.41) is 8.18. The fraction of sp³-hybridized carbons (Fsp3) is 0.167. The lowest BCUT2D eigenvalue weighted by molar-refractivity contribution is 0.823. The van der Waals surface area contributed by atoms with Crippen molar-refractivity contribution in [3.63, 3.8) is 0 Å². The van der Waals surface area contributed by atoms with Crippen molar-refractivity contribution in [1.82, 2.24) is 9.69 Å². The molecule has 4 heteroatoms. The van der Waals surface area contributed by atoms with Crippen molar-refractivity contribution < 1.29 is 0 Å². The molecule has 0 amide bonds. The van der Waals surface area contributed by atoms with Crippen LogP contribution in [0.2, 0.25) is 6.32 Å². The first-order valence-electron chi connectivity index (χ1n) is 7.77. The van der Waals surface area contributed by atoms with Gasteiger partial charge in [0.05, 0.1) is 5.69 Å². The van der Waals surface area contributed by atoms with Crippen molar-refractivity contribution >= 4 is 12.7 Å². The Balaban J connectivity index is 1.65. The van der Waals surface area contributed by atoms with Gasteiger partial charge in [-0.2, -0.15) is 5.10 Å². The SMILES string of the molecule is CC(CB1Nc2ccccc2-c2ccnn21)c1ccccc1. The van der Waals surface area contributed by atoms with Crippen LogP contribution in [-0.2, 0) is 0 Å². The number of aromatic nitrogens is 2. The Morgan fingerprint density at radius 2 is 1.82 bits per heavy atom. The molecule has 1 aliphatic heterocycles. The third-order valence-electron chi connectivity index (χ3n) is 4.44. The van der Waals surface area contributed by atoms with Gasteiger partial charge in [0.1, 0.15) is 0 Å². The number of nitrogens with zero attached hydrogens (tertiary/aromatic N) is 2. The molecule has 108 valence electrons. The van der Waals surface area contributed by atoms with Crippen LogP contribution in [0.1, 0.15) is 18.4 Å². The smallest absolute Gasteiger partial charge is 0.396 e. The van der Waals surface area contributed by atoms with Crippen LogP contribution in [0.3, 0.4) is 0 Å². The van der Waals surface area contributed by atoms with Crippen LogP contribution in [0.15, 0.2) is 66.9 Å². The number of anilines is 1. The molecule has 1 aliphatic rings. The second-order valence-electron chi connectivity index (χ2n) is 5.91. The van der Waals surface area contributed by atoms with Crippen molar-refractivity contribution in [3.8, 4) is 11.3 Å². The first-order chi connectivity index (χ1) is 10.8. The highest BCUT2D eigenvalue weighted by atomic mass is 15.3. The van der Waals surface area contributed by atoms with E-state index in [1.54, 1.807) is 0 Å². The molecule has 0 bridgehead atoms. The molecule has 0 aliphatic carbocycles. The number of benzene rings is 2. The molecule has 3 nitrogen and oxygen atoms in total. The Hall–Kier alpha value is -2.49. The van der Waals surface area contributed by atoms with Crippen LogP contribution >= 0.6 is 0 Å². The first kappa shape index (κ1) is 13.2. The Labute approximate surface area is 131 Å². The lowest BCUT2D eigenvalue weighted by Gasteiger charge is -2.27. The molecule has 2 heterocycles. The highest BCUT2D eigenvalue weighted by molar-refractivity contribution is 6.62. The maximum atomic E-state index is 4.54. The normalized spacial score (nSPS) is 14.0. The van der Waals surface area contributed by atoms with Gasteiger partial charge in [0.2, 0.25) is 0 Å². The van der Waals surface area contributed by atoms with E-state index in [9.17, 15) is 0 Å². The van der Waals surface area contributed by atoms with E-state index in [1.165, 1.54) is 22.5 Å². The zero-order valence-electron chi connectivity index (χ0n) is 12.6. The van der Waals surface area contributed by atoms with E-state index in [-0.39, 0.29) is 6.98 Å². The maximum absolute atomic E-state index is 4.54. The van der Waals surface area contributed by atoms with Gasteiger partial charge in [-0.15, -0.1) is 0 Å². The van der Waals surface area contributed by atoms with Crippen molar-refractivity contribution in [2.45, 2.75) is 19.2 Å². The van der Waals surface area contributed by atoms with E-state index in [2.05, 4.69) is 82.5 Å². The second-order valence-corrected chi connectivity index (χ2v) is 5.91. The highest BCUT2D eigenvalue weighted by Gasteiger charge is 2.30. The average molecular weight is 287 g/mol. The molecule has 0 spiro atoms. The Kier molecular flexibility index (Phi) is 3.22. The fourth-order valence-electron chi connectivity index (χ4n) is 3.26. The van der Waals surface area contributed by atoms with Crippen molar-refractivity contribution in [2.75, 3.05) is 5.23 Å². The quantitative estimate of drug-likeness (QED) is 0.734. The molecule has 0 radical (unpaired) electrons. The molecule has 1 unspecified atom stereocenters. The van der Waals surface area contributed by atoms with Crippen LogP contribution < -0.4 is 5.23 Å². The van der Waals surface area contributed by atoms with E-state index in [0.29, 0.717) is 5.92 Å². The molecule has 0 fully saturated rings. The Morgan fingerprint density at radius 3 is 2.68 bits per heavy atom. The Bertz CT molecular complexity index is 782. The molecule has 1 N–H and O–H groups in total. The fourth-order valence-corrected chi connectivity index (χ4v) is 3.26. The largest absolute Gasteiger partial charge is 0.408 e. The summed E-state index contributed by atoms with van der Waals surface area (Å²) < 4.78 is 2.11. The molecule has 1 aromatic heterocycles. The zero-order valence-corrected chi connectivity index (χ0v) is 12.6. The molecular weight excluding hydrogens is 269 g/mol. The summed E-state index contributed by atoms with van der Waals surface area (Å²) in [7, 11) is 0. The number of para-hydroxylation sites is 1. The van der Waals surface area contributed by atoms with E-state index in [1.807, 2.05) is 6.20 Å².